The molecule has 0 aliphatic heterocycles. The Morgan fingerprint density at radius 2 is 1.91 bits per heavy atom. The molecule has 0 saturated heterocycles. The van der Waals surface area contributed by atoms with E-state index in [2.05, 4.69) is 34.4 Å². The van der Waals surface area contributed by atoms with E-state index in [1.165, 1.54) is 0 Å². The van der Waals surface area contributed by atoms with Crippen LogP contribution in [0.15, 0.2) is 60.8 Å². The Morgan fingerprint density at radius 3 is 2.61 bits per heavy atom. The molecule has 33 heavy (non-hydrogen) atoms. The Kier molecular flexibility index (Phi) is 7.48. The highest BCUT2D eigenvalue weighted by Crippen LogP contribution is 2.39. The van der Waals surface area contributed by atoms with Crippen molar-refractivity contribution < 1.29 is 9.90 Å². The van der Waals surface area contributed by atoms with Crippen molar-refractivity contribution in [1.82, 2.24) is 20.6 Å². The van der Waals surface area contributed by atoms with Gasteiger partial charge in [-0.25, -0.2) is 4.98 Å². The summed E-state index contributed by atoms with van der Waals surface area (Å²) in [5, 5.41) is 18.5. The fourth-order valence-electron chi connectivity index (χ4n) is 4.55. The number of nitrogens with one attached hydrogen (secondary N) is 3. The Labute approximate surface area is 199 Å². The molecule has 0 bridgehead atoms. The number of carbonyl (C=O) groups is 1. The largest absolute Gasteiger partial charge is 0.392 e. The molecule has 6 nitrogen and oxygen atoms in total. The number of amides is 1. The molecule has 0 radical (unpaired) electrons. The molecule has 7 heteroatoms. The number of carbonyl (C=O) groups excluding carboxylic acids is 1. The predicted octanol–water partition coefficient (Wildman–Crippen LogP) is 4.13. The van der Waals surface area contributed by atoms with Crippen molar-refractivity contribution >= 4 is 17.5 Å². The van der Waals surface area contributed by atoms with Gasteiger partial charge in [0.05, 0.1) is 12.0 Å². The number of halogens is 1. The summed E-state index contributed by atoms with van der Waals surface area (Å²) in [6, 6.07) is 17.4. The van der Waals surface area contributed by atoms with Gasteiger partial charge in [-0.3, -0.25) is 4.79 Å². The zero-order chi connectivity index (χ0) is 23.4. The number of hydrogen-bond donors (Lipinski definition) is 4. The predicted molar refractivity (Wildman–Crippen MR) is 130 cm³/mol. The van der Waals surface area contributed by atoms with Gasteiger partial charge >= 0.3 is 0 Å². The first-order chi connectivity index (χ1) is 15.9. The Bertz CT molecular complexity index is 1070. The first kappa shape index (κ1) is 23.5. The maximum Gasteiger partial charge on any atom is 0.226 e. The summed E-state index contributed by atoms with van der Waals surface area (Å²) in [7, 11) is 0. The van der Waals surface area contributed by atoms with E-state index in [9.17, 15) is 9.90 Å². The van der Waals surface area contributed by atoms with Crippen LogP contribution >= 0.6 is 11.6 Å². The molecule has 4 N–H and O–H groups in total. The van der Waals surface area contributed by atoms with Crippen molar-refractivity contribution in [3.63, 3.8) is 0 Å². The molecule has 174 valence electrons. The lowest BCUT2D eigenvalue weighted by Gasteiger charge is -2.22. The minimum Gasteiger partial charge on any atom is -0.392 e. The van der Waals surface area contributed by atoms with Crippen LogP contribution in [0.3, 0.4) is 0 Å². The van der Waals surface area contributed by atoms with Crippen LogP contribution in [-0.2, 0) is 17.9 Å². The lowest BCUT2D eigenvalue weighted by atomic mass is 9.96. The standard InChI is InChI=1S/C26H31ClN4O2/c1-16(2)25-29-15-22(31-25)23-21(28-14-18-9-6-10-19(27)11-18)12-20(24(23)32)26(33)30-13-17-7-4-3-5-8-17/h3-11,15-16,20-21,23-24,28,32H,12-14H2,1-2H3,(H,29,31)(H,30,33)/t20-,21+,23+,24+/m0/s1. The zero-order valence-corrected chi connectivity index (χ0v) is 19.7. The highest BCUT2D eigenvalue weighted by Gasteiger charge is 2.47. The number of nitrogens with zero attached hydrogens (tertiary/aromatic N) is 1. The van der Waals surface area contributed by atoms with Crippen LogP contribution in [0.2, 0.25) is 5.02 Å². The second kappa shape index (κ2) is 10.5. The quantitative estimate of drug-likeness (QED) is 0.402. The van der Waals surface area contributed by atoms with E-state index in [4.69, 9.17) is 11.6 Å². The Hall–Kier alpha value is -2.67. The summed E-state index contributed by atoms with van der Waals surface area (Å²) in [4.78, 5) is 20.9. The maximum absolute atomic E-state index is 13.0. The number of rotatable bonds is 8. The van der Waals surface area contributed by atoms with Crippen molar-refractivity contribution in [1.29, 1.82) is 0 Å². The van der Waals surface area contributed by atoms with Crippen LogP contribution in [0, 0.1) is 5.92 Å². The van der Waals surface area contributed by atoms with Crippen molar-refractivity contribution in [2.75, 3.05) is 0 Å². The molecule has 3 aromatic rings. The van der Waals surface area contributed by atoms with E-state index >= 15 is 0 Å². The van der Waals surface area contributed by atoms with Crippen LogP contribution in [0.1, 0.15) is 54.7 Å². The summed E-state index contributed by atoms with van der Waals surface area (Å²) < 4.78 is 0. The van der Waals surface area contributed by atoms with Gasteiger partial charge in [0.15, 0.2) is 0 Å². The smallest absolute Gasteiger partial charge is 0.226 e. The molecule has 1 saturated carbocycles. The number of H-pyrrole nitrogens is 1. The van der Waals surface area contributed by atoms with Gasteiger partial charge in [-0.15, -0.1) is 0 Å². The van der Waals surface area contributed by atoms with E-state index in [0.717, 1.165) is 22.6 Å². The van der Waals surface area contributed by atoms with Gasteiger partial charge in [0.25, 0.3) is 0 Å². The summed E-state index contributed by atoms with van der Waals surface area (Å²) in [6.45, 7) is 5.18. The summed E-state index contributed by atoms with van der Waals surface area (Å²) in [5.41, 5.74) is 2.94. The fraction of sp³-hybridized carbons (Fsp3) is 0.385. The molecule has 0 spiro atoms. The van der Waals surface area contributed by atoms with E-state index < -0.39 is 12.0 Å². The Balaban J connectivity index is 1.50. The highest BCUT2D eigenvalue weighted by molar-refractivity contribution is 6.30. The molecule has 1 heterocycles. The molecule has 4 rings (SSSR count). The van der Waals surface area contributed by atoms with Gasteiger partial charge in [0, 0.05) is 47.9 Å². The van der Waals surface area contributed by atoms with Gasteiger partial charge in [0.2, 0.25) is 5.91 Å². The molecular weight excluding hydrogens is 436 g/mol. The molecule has 1 aromatic heterocycles. The van der Waals surface area contributed by atoms with Gasteiger partial charge < -0.3 is 20.7 Å². The number of aliphatic hydroxyl groups is 1. The molecule has 4 atom stereocenters. The van der Waals surface area contributed by atoms with Crippen molar-refractivity contribution in [3.8, 4) is 0 Å². The molecule has 1 aliphatic carbocycles. The fourth-order valence-corrected chi connectivity index (χ4v) is 4.76. The summed E-state index contributed by atoms with van der Waals surface area (Å²) >= 11 is 6.14. The molecule has 0 unspecified atom stereocenters. The third-order valence-corrected chi connectivity index (χ3v) is 6.58. The first-order valence-electron chi connectivity index (χ1n) is 11.4. The third kappa shape index (κ3) is 5.64. The minimum atomic E-state index is -0.821. The van der Waals surface area contributed by atoms with Crippen LogP contribution in [0.25, 0.3) is 0 Å². The molecular formula is C26H31ClN4O2. The average Bonchev–Trinajstić information content (AvgIpc) is 3.41. The lowest BCUT2D eigenvalue weighted by Crippen LogP contribution is -2.36. The van der Waals surface area contributed by atoms with E-state index in [-0.39, 0.29) is 23.8 Å². The van der Waals surface area contributed by atoms with Crippen LogP contribution < -0.4 is 10.6 Å². The normalized spacial score (nSPS) is 22.6. The van der Waals surface area contributed by atoms with Gasteiger partial charge in [-0.2, -0.15) is 0 Å². The zero-order valence-electron chi connectivity index (χ0n) is 19.0. The second-order valence-electron chi connectivity index (χ2n) is 9.06. The average molecular weight is 467 g/mol. The summed E-state index contributed by atoms with van der Waals surface area (Å²) in [5.74, 6) is 0.216. The second-order valence-corrected chi connectivity index (χ2v) is 9.49. The molecule has 1 aliphatic rings. The number of aliphatic hydroxyl groups excluding tert-OH is 1. The van der Waals surface area contributed by atoms with Crippen LogP contribution in [0.5, 0.6) is 0 Å². The molecule has 1 fully saturated rings. The highest BCUT2D eigenvalue weighted by atomic mass is 35.5. The van der Waals surface area contributed by atoms with Gasteiger partial charge in [-0.05, 0) is 29.7 Å². The third-order valence-electron chi connectivity index (χ3n) is 6.35. The van der Waals surface area contributed by atoms with Crippen molar-refractivity contribution in [3.05, 3.63) is 88.5 Å². The SMILES string of the molecule is CC(C)c1ncc([C@@H]2[C@H](O)[C@@H](C(=O)NCc3ccccc3)C[C@H]2NCc2cccc(Cl)c2)[nH]1. The van der Waals surface area contributed by atoms with Gasteiger partial charge in [-0.1, -0.05) is 67.9 Å². The Morgan fingerprint density at radius 1 is 1.15 bits per heavy atom. The van der Waals surface area contributed by atoms with E-state index in [1.54, 1.807) is 6.20 Å². The molecule has 1 amide bonds. The van der Waals surface area contributed by atoms with Crippen LogP contribution in [-0.4, -0.2) is 33.1 Å². The van der Waals surface area contributed by atoms with E-state index in [0.29, 0.717) is 24.5 Å². The maximum atomic E-state index is 13.0. The van der Waals surface area contributed by atoms with Crippen LogP contribution in [0.4, 0.5) is 0 Å². The van der Waals surface area contributed by atoms with Crippen molar-refractivity contribution in [2.24, 2.45) is 5.92 Å². The molecule has 2 aromatic carbocycles. The topological polar surface area (TPSA) is 90.0 Å². The lowest BCUT2D eigenvalue weighted by molar-refractivity contribution is -0.127. The number of imidazole rings is 1. The van der Waals surface area contributed by atoms with Crippen molar-refractivity contribution in [2.45, 2.75) is 57.3 Å². The minimum absolute atomic E-state index is 0.0908. The monoisotopic (exact) mass is 466 g/mol. The van der Waals surface area contributed by atoms with E-state index in [1.807, 2.05) is 54.6 Å². The number of aromatic amines is 1. The first-order valence-corrected chi connectivity index (χ1v) is 11.8. The number of hydrogen-bond acceptors (Lipinski definition) is 4. The van der Waals surface area contributed by atoms with Gasteiger partial charge in [0.1, 0.15) is 5.82 Å². The summed E-state index contributed by atoms with van der Waals surface area (Å²) in [6.07, 6.45) is 1.50. The number of aromatic nitrogens is 2. The number of benzene rings is 2.